The normalized spacial score (nSPS) is 19.0. The molecular formula is C22H33F2N5O3. The first kappa shape index (κ1) is 24.3. The van der Waals surface area contributed by atoms with E-state index in [1.54, 1.807) is 37.7 Å². The first-order valence-corrected chi connectivity index (χ1v) is 11.0. The molecule has 0 spiro atoms. The number of nitrogens with two attached hydrogens (primary N) is 1. The van der Waals surface area contributed by atoms with Crippen molar-refractivity contribution in [1.82, 2.24) is 19.9 Å². The van der Waals surface area contributed by atoms with E-state index < -0.39 is 23.7 Å². The van der Waals surface area contributed by atoms with Crippen LogP contribution in [-0.2, 0) is 9.47 Å². The zero-order valence-electron chi connectivity index (χ0n) is 19.1. The summed E-state index contributed by atoms with van der Waals surface area (Å²) in [5.74, 6) is -2.86. The number of alkyl carbamates (subject to hydrolysis) is 1. The van der Waals surface area contributed by atoms with Crippen molar-refractivity contribution >= 4 is 11.7 Å². The van der Waals surface area contributed by atoms with Crippen LogP contribution < -0.4 is 11.1 Å². The predicted octanol–water partition coefficient (Wildman–Crippen LogP) is 4.16. The Labute approximate surface area is 186 Å². The Bertz CT molecular complexity index is 918. The van der Waals surface area contributed by atoms with Gasteiger partial charge in [0.2, 0.25) is 5.92 Å². The van der Waals surface area contributed by atoms with Crippen molar-refractivity contribution in [2.24, 2.45) is 11.7 Å². The van der Waals surface area contributed by atoms with Crippen LogP contribution in [0.15, 0.2) is 18.5 Å². The molecule has 1 aliphatic rings. The third kappa shape index (κ3) is 6.35. The molecule has 2 aromatic rings. The summed E-state index contributed by atoms with van der Waals surface area (Å²) in [6.45, 7) is 8.13. The lowest BCUT2D eigenvalue weighted by Crippen LogP contribution is -2.40. The van der Waals surface area contributed by atoms with E-state index in [9.17, 15) is 13.6 Å². The lowest BCUT2D eigenvalue weighted by Gasteiger charge is -2.33. The number of fused-ring (bicyclic) bond motifs is 1. The molecule has 3 rings (SSSR count). The second kappa shape index (κ2) is 9.66. The average Bonchev–Trinajstić information content (AvgIpc) is 3.12. The van der Waals surface area contributed by atoms with Crippen LogP contribution in [0.5, 0.6) is 0 Å². The number of hydrogen-bond donors (Lipinski definition) is 2. The number of aromatic nitrogens is 3. The van der Waals surface area contributed by atoms with Gasteiger partial charge in [0.05, 0.1) is 36.8 Å². The molecule has 10 heteroatoms. The first-order chi connectivity index (χ1) is 15.0. The third-order valence-corrected chi connectivity index (χ3v) is 5.51. The van der Waals surface area contributed by atoms with E-state index in [0.717, 1.165) is 5.56 Å². The number of amides is 1. The highest BCUT2D eigenvalue weighted by molar-refractivity contribution is 5.68. The van der Waals surface area contributed by atoms with E-state index in [4.69, 9.17) is 15.2 Å². The Morgan fingerprint density at radius 1 is 1.38 bits per heavy atom. The van der Waals surface area contributed by atoms with Crippen molar-refractivity contribution < 1.29 is 23.0 Å². The van der Waals surface area contributed by atoms with Gasteiger partial charge in [0, 0.05) is 19.4 Å². The molecule has 32 heavy (non-hydrogen) atoms. The Morgan fingerprint density at radius 2 is 2.06 bits per heavy atom. The Morgan fingerprint density at radius 3 is 2.69 bits per heavy atom. The van der Waals surface area contributed by atoms with Crippen molar-refractivity contribution in [3.63, 3.8) is 0 Å². The molecule has 8 nitrogen and oxygen atoms in total. The molecule has 3 N–H and O–H groups in total. The molecule has 1 aliphatic carbocycles. The molecule has 2 aromatic heterocycles. The zero-order chi connectivity index (χ0) is 23.5. The number of hydrogen-bond acceptors (Lipinski definition) is 6. The summed E-state index contributed by atoms with van der Waals surface area (Å²) in [5, 5.41) is 7.23. The first-order valence-electron chi connectivity index (χ1n) is 11.0. The van der Waals surface area contributed by atoms with Gasteiger partial charge in [-0.3, -0.25) is 0 Å². The highest BCUT2D eigenvalue weighted by Gasteiger charge is 2.39. The van der Waals surface area contributed by atoms with Crippen molar-refractivity contribution in [1.29, 1.82) is 0 Å². The Hall–Kier alpha value is -2.33. The topological polar surface area (TPSA) is 104 Å². The van der Waals surface area contributed by atoms with Crippen molar-refractivity contribution in [3.8, 4) is 0 Å². The molecule has 2 unspecified atom stereocenters. The van der Waals surface area contributed by atoms with Crippen molar-refractivity contribution in [2.75, 3.05) is 13.2 Å². The maximum atomic E-state index is 13.7. The van der Waals surface area contributed by atoms with E-state index in [1.807, 2.05) is 13.0 Å². The SMILES string of the molecule is CCOCC(N)c1cnn2cc(C(NC(=O)OC(C)(C)C)C3CCC(F)(F)CC3)nc2c1. The second-order valence-electron chi connectivity index (χ2n) is 9.34. The van der Waals surface area contributed by atoms with E-state index in [2.05, 4.69) is 15.4 Å². The summed E-state index contributed by atoms with van der Waals surface area (Å²) in [6, 6.07) is 0.909. The van der Waals surface area contributed by atoms with Gasteiger partial charge >= 0.3 is 6.09 Å². The monoisotopic (exact) mass is 453 g/mol. The number of ether oxygens (including phenoxy) is 2. The van der Waals surface area contributed by atoms with E-state index in [-0.39, 0.29) is 37.6 Å². The predicted molar refractivity (Wildman–Crippen MR) is 115 cm³/mol. The summed E-state index contributed by atoms with van der Waals surface area (Å²) in [6.07, 6.45) is 2.88. The number of halogens is 2. The molecule has 2 heterocycles. The van der Waals surface area contributed by atoms with Crippen molar-refractivity contribution in [2.45, 2.75) is 77.0 Å². The highest BCUT2D eigenvalue weighted by atomic mass is 19.3. The van der Waals surface area contributed by atoms with E-state index in [1.165, 1.54) is 0 Å². The molecule has 1 fully saturated rings. The maximum Gasteiger partial charge on any atom is 0.408 e. The van der Waals surface area contributed by atoms with Gasteiger partial charge in [-0.05, 0) is 58.1 Å². The molecule has 1 saturated carbocycles. The Kier molecular flexibility index (Phi) is 7.34. The molecule has 2 atom stereocenters. The molecule has 178 valence electrons. The number of imidazole rings is 1. The van der Waals surface area contributed by atoms with E-state index in [0.29, 0.717) is 24.6 Å². The van der Waals surface area contributed by atoms with Crippen LogP contribution in [0, 0.1) is 5.92 Å². The average molecular weight is 454 g/mol. The zero-order valence-corrected chi connectivity index (χ0v) is 19.1. The number of rotatable bonds is 7. The highest BCUT2D eigenvalue weighted by Crippen LogP contribution is 2.41. The van der Waals surface area contributed by atoms with Gasteiger partial charge < -0.3 is 20.5 Å². The van der Waals surface area contributed by atoms with Crippen LogP contribution in [0.4, 0.5) is 13.6 Å². The summed E-state index contributed by atoms with van der Waals surface area (Å²) in [4.78, 5) is 17.2. The fourth-order valence-electron chi connectivity index (χ4n) is 3.87. The quantitative estimate of drug-likeness (QED) is 0.653. The molecule has 0 aromatic carbocycles. The fraction of sp³-hybridized carbons (Fsp3) is 0.682. The van der Waals surface area contributed by atoms with Gasteiger partial charge in [0.1, 0.15) is 5.60 Å². The molecule has 0 radical (unpaired) electrons. The van der Waals surface area contributed by atoms with Crippen LogP contribution in [0.3, 0.4) is 0 Å². The number of alkyl halides is 2. The molecule has 0 aliphatic heterocycles. The van der Waals surface area contributed by atoms with Gasteiger partial charge in [-0.2, -0.15) is 5.10 Å². The van der Waals surface area contributed by atoms with Crippen molar-refractivity contribution in [3.05, 3.63) is 29.7 Å². The number of nitrogens with zero attached hydrogens (tertiary/aromatic N) is 3. The maximum absolute atomic E-state index is 13.7. The molecule has 0 bridgehead atoms. The van der Waals surface area contributed by atoms with Gasteiger partial charge in [0.25, 0.3) is 0 Å². The number of carbonyl (C=O) groups excluding carboxylic acids is 1. The van der Waals surface area contributed by atoms with Gasteiger partial charge in [-0.15, -0.1) is 0 Å². The minimum absolute atomic E-state index is 0.188. The summed E-state index contributed by atoms with van der Waals surface area (Å²) >= 11 is 0. The standard InChI is InChI=1S/C22H33F2N5O3/c1-5-31-13-16(25)15-10-18-27-17(12-29(18)26-11-15)19(28-20(30)32-21(2,3)4)14-6-8-22(23,24)9-7-14/h10-12,14,16,19H,5-9,13,25H2,1-4H3,(H,28,30). The largest absolute Gasteiger partial charge is 0.444 e. The van der Waals surface area contributed by atoms with Crippen LogP contribution in [-0.4, -0.2) is 45.4 Å². The summed E-state index contributed by atoms with van der Waals surface area (Å²) < 4.78 is 39.9. The minimum atomic E-state index is -2.67. The fourth-order valence-corrected chi connectivity index (χ4v) is 3.87. The molecule has 1 amide bonds. The summed E-state index contributed by atoms with van der Waals surface area (Å²) in [5.41, 5.74) is 7.36. The van der Waals surface area contributed by atoms with Gasteiger partial charge in [-0.1, -0.05) is 0 Å². The van der Waals surface area contributed by atoms with Crippen LogP contribution in [0.1, 0.15) is 76.7 Å². The smallest absolute Gasteiger partial charge is 0.408 e. The minimum Gasteiger partial charge on any atom is -0.444 e. The lowest BCUT2D eigenvalue weighted by molar-refractivity contribution is -0.0500. The third-order valence-electron chi connectivity index (χ3n) is 5.51. The van der Waals surface area contributed by atoms with Gasteiger partial charge in [-0.25, -0.2) is 23.1 Å². The summed E-state index contributed by atoms with van der Waals surface area (Å²) in [7, 11) is 0. The Balaban J connectivity index is 1.86. The van der Waals surface area contributed by atoms with E-state index >= 15 is 0 Å². The van der Waals surface area contributed by atoms with Crippen LogP contribution in [0.2, 0.25) is 0 Å². The number of carbonyl (C=O) groups is 1. The van der Waals surface area contributed by atoms with Gasteiger partial charge in [0.15, 0.2) is 5.65 Å². The number of nitrogens with one attached hydrogen (secondary N) is 1. The second-order valence-corrected chi connectivity index (χ2v) is 9.34. The lowest BCUT2D eigenvalue weighted by atomic mass is 9.81. The molecule has 0 saturated heterocycles. The molecular weight excluding hydrogens is 420 g/mol. The van der Waals surface area contributed by atoms with Crippen LogP contribution >= 0.6 is 0 Å². The van der Waals surface area contributed by atoms with Crippen LogP contribution in [0.25, 0.3) is 5.65 Å².